The van der Waals surface area contributed by atoms with Gasteiger partial charge >= 0.3 is 5.97 Å². The lowest BCUT2D eigenvalue weighted by molar-refractivity contribution is -0.148. The minimum atomic E-state index is -0.890. The van der Waals surface area contributed by atoms with Crippen molar-refractivity contribution in [2.75, 3.05) is 13.2 Å². The van der Waals surface area contributed by atoms with E-state index in [4.69, 9.17) is 4.74 Å². The van der Waals surface area contributed by atoms with Crippen molar-refractivity contribution >= 4 is 17.8 Å². The van der Waals surface area contributed by atoms with E-state index in [1.165, 1.54) is 12.1 Å². The van der Waals surface area contributed by atoms with Crippen LogP contribution in [0.2, 0.25) is 0 Å². The number of hydrogen-bond donors (Lipinski definition) is 2. The molecule has 8 heteroatoms. The summed E-state index contributed by atoms with van der Waals surface area (Å²) in [7, 11) is 0. The zero-order chi connectivity index (χ0) is 19.0. The average molecular weight is 361 g/mol. The third-order valence-corrected chi connectivity index (χ3v) is 4.16. The van der Waals surface area contributed by atoms with Crippen LogP contribution >= 0.6 is 0 Å². The highest BCUT2D eigenvalue weighted by Crippen LogP contribution is 2.27. The quantitative estimate of drug-likeness (QED) is 0.746. The van der Waals surface area contributed by atoms with Crippen LogP contribution in [-0.4, -0.2) is 36.5 Å². The molecule has 0 heterocycles. The van der Waals surface area contributed by atoms with Crippen molar-refractivity contribution in [2.24, 2.45) is 0 Å². The van der Waals surface area contributed by atoms with Crippen LogP contribution in [-0.2, 0) is 14.3 Å². The summed E-state index contributed by atoms with van der Waals surface area (Å²) in [6, 6.07) is 6.98. The Kier molecular flexibility index (Phi) is 6.67. The number of rotatable bonds is 6. The van der Waals surface area contributed by atoms with Crippen LogP contribution in [0.1, 0.15) is 42.5 Å². The summed E-state index contributed by atoms with van der Waals surface area (Å²) in [6.45, 7) is -0.943. The maximum atomic E-state index is 12.8. The number of esters is 1. The lowest BCUT2D eigenvalue weighted by atomic mass is 9.83. The second kappa shape index (κ2) is 8.94. The minimum absolute atomic E-state index is 0.199. The molecular formula is C18H20FN3O4. The number of benzene rings is 1. The Morgan fingerprint density at radius 1 is 1.15 bits per heavy atom. The van der Waals surface area contributed by atoms with Crippen molar-refractivity contribution in [1.82, 2.24) is 10.6 Å². The summed E-state index contributed by atoms with van der Waals surface area (Å²) < 4.78 is 17.6. The smallest absolute Gasteiger partial charge is 0.325 e. The molecule has 1 aromatic carbocycles. The molecule has 138 valence electrons. The molecule has 2 N–H and O–H groups in total. The number of nitrogens with one attached hydrogen (secondary N) is 2. The molecule has 2 rings (SSSR count). The van der Waals surface area contributed by atoms with Gasteiger partial charge in [0.1, 0.15) is 17.9 Å². The molecule has 0 saturated heterocycles. The molecule has 1 aliphatic rings. The van der Waals surface area contributed by atoms with Gasteiger partial charge in [-0.2, -0.15) is 5.26 Å². The molecule has 7 nitrogen and oxygen atoms in total. The number of ether oxygens (including phenoxy) is 1. The third-order valence-electron chi connectivity index (χ3n) is 4.16. The van der Waals surface area contributed by atoms with Crippen molar-refractivity contribution in [1.29, 1.82) is 5.26 Å². The van der Waals surface area contributed by atoms with E-state index in [0.717, 1.165) is 31.4 Å². The number of nitriles is 1. The summed E-state index contributed by atoms with van der Waals surface area (Å²) in [4.78, 5) is 35.3. The molecule has 0 aromatic heterocycles. The molecule has 2 amide bonds. The van der Waals surface area contributed by atoms with E-state index in [1.807, 2.05) is 0 Å². The van der Waals surface area contributed by atoms with E-state index in [0.29, 0.717) is 12.8 Å². The van der Waals surface area contributed by atoms with Crippen molar-refractivity contribution in [2.45, 2.75) is 37.6 Å². The number of halogens is 1. The summed E-state index contributed by atoms with van der Waals surface area (Å²) in [6.07, 6.45) is 3.92. The van der Waals surface area contributed by atoms with Crippen LogP contribution in [0.15, 0.2) is 24.3 Å². The van der Waals surface area contributed by atoms with Gasteiger partial charge in [-0.1, -0.05) is 19.3 Å². The maximum Gasteiger partial charge on any atom is 0.325 e. The van der Waals surface area contributed by atoms with Crippen LogP contribution in [0.5, 0.6) is 0 Å². The highest BCUT2D eigenvalue weighted by molar-refractivity contribution is 5.96. The first-order valence-electron chi connectivity index (χ1n) is 8.36. The van der Waals surface area contributed by atoms with E-state index in [1.54, 1.807) is 0 Å². The van der Waals surface area contributed by atoms with Crippen LogP contribution in [0.4, 0.5) is 4.39 Å². The van der Waals surface area contributed by atoms with E-state index >= 15 is 0 Å². The minimum Gasteiger partial charge on any atom is -0.454 e. The third kappa shape index (κ3) is 5.55. The van der Waals surface area contributed by atoms with Gasteiger partial charge in [0.05, 0.1) is 6.07 Å². The van der Waals surface area contributed by atoms with Gasteiger partial charge in [0.25, 0.3) is 11.8 Å². The Morgan fingerprint density at radius 2 is 1.81 bits per heavy atom. The second-order valence-electron chi connectivity index (χ2n) is 6.15. The lowest BCUT2D eigenvalue weighted by Crippen LogP contribution is -2.50. The first-order chi connectivity index (χ1) is 12.4. The molecule has 0 spiro atoms. The highest BCUT2D eigenvalue weighted by atomic mass is 19.1. The summed E-state index contributed by atoms with van der Waals surface area (Å²) in [5.41, 5.74) is -0.691. The molecule has 0 radical (unpaired) electrons. The molecule has 1 aromatic rings. The number of carbonyl (C=O) groups excluding carboxylic acids is 3. The maximum absolute atomic E-state index is 12.8. The predicted molar refractivity (Wildman–Crippen MR) is 89.3 cm³/mol. The fraction of sp³-hybridized carbons (Fsp3) is 0.444. The van der Waals surface area contributed by atoms with Gasteiger partial charge in [-0.05, 0) is 37.1 Å². The largest absolute Gasteiger partial charge is 0.454 e. The number of hydrogen-bond acceptors (Lipinski definition) is 5. The van der Waals surface area contributed by atoms with Gasteiger partial charge in [0, 0.05) is 5.56 Å². The Hall–Kier alpha value is -2.95. The second-order valence-corrected chi connectivity index (χ2v) is 6.15. The molecule has 0 bridgehead atoms. The molecule has 0 aliphatic heterocycles. The fourth-order valence-electron chi connectivity index (χ4n) is 2.78. The predicted octanol–water partition coefficient (Wildman–Crippen LogP) is 1.44. The number of nitrogens with zero attached hydrogens (tertiary/aromatic N) is 1. The van der Waals surface area contributed by atoms with E-state index < -0.39 is 42.3 Å². The fourth-order valence-corrected chi connectivity index (χ4v) is 2.78. The molecular weight excluding hydrogens is 341 g/mol. The number of amides is 2. The van der Waals surface area contributed by atoms with Gasteiger partial charge in [-0.15, -0.1) is 0 Å². The van der Waals surface area contributed by atoms with E-state index in [-0.39, 0.29) is 5.56 Å². The van der Waals surface area contributed by atoms with Crippen LogP contribution < -0.4 is 10.6 Å². The molecule has 1 fully saturated rings. The van der Waals surface area contributed by atoms with Gasteiger partial charge in [-0.3, -0.25) is 14.4 Å². The van der Waals surface area contributed by atoms with Gasteiger partial charge < -0.3 is 15.4 Å². The lowest BCUT2D eigenvalue weighted by Gasteiger charge is -2.31. The molecule has 1 aliphatic carbocycles. The summed E-state index contributed by atoms with van der Waals surface area (Å²) in [5, 5.41) is 14.3. The van der Waals surface area contributed by atoms with Crippen LogP contribution in [0.3, 0.4) is 0 Å². The first kappa shape index (κ1) is 19.4. The topological polar surface area (TPSA) is 108 Å². The van der Waals surface area contributed by atoms with Crippen molar-refractivity contribution in [3.05, 3.63) is 35.6 Å². The highest BCUT2D eigenvalue weighted by Gasteiger charge is 2.33. The SMILES string of the molecule is N#CC1(NC(=O)COC(=O)CNC(=O)c2ccc(F)cc2)CCCCC1. The Balaban J connectivity index is 1.72. The van der Waals surface area contributed by atoms with Crippen molar-refractivity contribution < 1.29 is 23.5 Å². The van der Waals surface area contributed by atoms with Crippen LogP contribution in [0.25, 0.3) is 0 Å². The van der Waals surface area contributed by atoms with Crippen molar-refractivity contribution in [3.8, 4) is 6.07 Å². The molecule has 0 unspecified atom stereocenters. The Morgan fingerprint density at radius 3 is 2.42 bits per heavy atom. The van der Waals surface area contributed by atoms with Gasteiger partial charge in [0.2, 0.25) is 0 Å². The Labute approximate surface area is 150 Å². The van der Waals surface area contributed by atoms with Gasteiger partial charge in [0.15, 0.2) is 6.61 Å². The monoisotopic (exact) mass is 361 g/mol. The van der Waals surface area contributed by atoms with Gasteiger partial charge in [-0.25, -0.2) is 4.39 Å². The van der Waals surface area contributed by atoms with E-state index in [9.17, 15) is 24.0 Å². The standard InChI is InChI=1S/C18H20FN3O4/c19-14-6-4-13(5-7-14)17(25)21-10-16(24)26-11-15(23)22-18(12-20)8-2-1-3-9-18/h4-7H,1-3,8-11H2,(H,21,25)(H,22,23). The summed E-state index contributed by atoms with van der Waals surface area (Å²) >= 11 is 0. The molecule has 1 saturated carbocycles. The Bertz CT molecular complexity index is 706. The molecule has 26 heavy (non-hydrogen) atoms. The first-order valence-corrected chi connectivity index (χ1v) is 8.36. The summed E-state index contributed by atoms with van der Waals surface area (Å²) in [5.74, 6) is -2.37. The average Bonchev–Trinajstić information content (AvgIpc) is 2.65. The zero-order valence-corrected chi connectivity index (χ0v) is 14.2. The molecule has 0 atom stereocenters. The van der Waals surface area contributed by atoms with E-state index in [2.05, 4.69) is 16.7 Å². The zero-order valence-electron chi connectivity index (χ0n) is 14.2. The normalized spacial score (nSPS) is 15.4. The van der Waals surface area contributed by atoms with Crippen LogP contribution in [0, 0.1) is 17.1 Å². The number of carbonyl (C=O) groups is 3. The van der Waals surface area contributed by atoms with Crippen molar-refractivity contribution in [3.63, 3.8) is 0 Å².